The molecule has 16 rings (SSSR count). The highest BCUT2D eigenvalue weighted by Crippen LogP contribution is 2.46. The van der Waals surface area contributed by atoms with Gasteiger partial charge in [0.1, 0.15) is 0 Å². The lowest BCUT2D eigenvalue weighted by atomic mass is 9.95. The normalized spacial score (nSPS) is 10.9. The molecule has 102 heavy (non-hydrogen) atoms. The van der Waals surface area contributed by atoms with Gasteiger partial charge in [-0.25, -0.2) is 15.0 Å². The van der Waals surface area contributed by atoms with Crippen molar-refractivity contribution >= 4 is 43.6 Å². The topological polar surface area (TPSA) is 252 Å². The van der Waals surface area contributed by atoms with Crippen molar-refractivity contribution in [2.24, 2.45) is 0 Å². The first-order valence-electron chi connectivity index (χ1n) is 32.2. The van der Waals surface area contributed by atoms with Crippen LogP contribution in [0.1, 0.15) is 44.5 Å². The molecule has 0 saturated carbocycles. The predicted molar refractivity (Wildman–Crippen MR) is 393 cm³/mol. The first-order chi connectivity index (χ1) is 50.1. The van der Waals surface area contributed by atoms with Gasteiger partial charge in [-0.05, 0) is 201 Å². The number of benzene rings is 12. The summed E-state index contributed by atoms with van der Waals surface area (Å²) >= 11 is 0. The Balaban J connectivity index is 1.02. The average molecular weight is 1300 g/mol. The summed E-state index contributed by atoms with van der Waals surface area (Å²) in [6, 6.07) is 99.0. The number of aromatic nitrogens is 6. The van der Waals surface area contributed by atoms with E-state index < -0.39 is 0 Å². The van der Waals surface area contributed by atoms with Crippen molar-refractivity contribution in [1.82, 2.24) is 29.1 Å². The minimum Gasteiger partial charge on any atom is -0.309 e. The summed E-state index contributed by atoms with van der Waals surface area (Å²) in [7, 11) is 0. The molecular weight excluding hydrogens is 1250 g/mol. The van der Waals surface area contributed by atoms with E-state index in [9.17, 15) is 42.1 Å². The fraction of sp³-hybridized carbons (Fsp3) is 0. The van der Waals surface area contributed by atoms with Crippen LogP contribution in [0.3, 0.4) is 0 Å². The standard InChI is InChI=1S/C88H44N14/c89-45-53-27-54(46-90)32-70(31-53)64-13-19-80-76(39-64)77-40-65(71-33-55(47-91)28-56(34-71)48-92)14-20-81(77)101(80)84-43-68(61-23-25-97-26-24-61)11-17-74(84)75-18-12-69(88-99-86(62-7-3-1-4-8-62)98-87(100-88)63-9-5-2-6-10-63)44-85(75)102-82-21-15-66(72-35-57(49-93)29-58(36-72)50-94)41-78(82)79-42-67(16-22-83(79)102)73-37-59(51-95)30-60(38-73)52-96/h1-44H. The van der Waals surface area contributed by atoms with E-state index in [1.165, 1.54) is 0 Å². The molecule has 16 aromatic rings. The largest absolute Gasteiger partial charge is 0.309 e. The third kappa shape index (κ3) is 11.0. The highest BCUT2D eigenvalue weighted by molar-refractivity contribution is 6.14. The van der Waals surface area contributed by atoms with Gasteiger partial charge in [-0.1, -0.05) is 109 Å². The Morgan fingerprint density at radius 3 is 0.784 bits per heavy atom. The van der Waals surface area contributed by atoms with Crippen molar-refractivity contribution in [3.8, 4) is 161 Å². The van der Waals surface area contributed by atoms with Crippen LogP contribution in [0.2, 0.25) is 0 Å². The lowest BCUT2D eigenvalue weighted by Gasteiger charge is -2.21. The van der Waals surface area contributed by atoms with Crippen molar-refractivity contribution in [2.45, 2.75) is 0 Å². The van der Waals surface area contributed by atoms with E-state index in [0.29, 0.717) is 95.5 Å². The number of nitrogens with zero attached hydrogens (tertiary/aromatic N) is 14. The minimum atomic E-state index is 0.333. The van der Waals surface area contributed by atoms with Gasteiger partial charge in [0.2, 0.25) is 0 Å². The monoisotopic (exact) mass is 1300 g/mol. The summed E-state index contributed by atoms with van der Waals surface area (Å²) in [5.74, 6) is 1.35. The zero-order valence-electron chi connectivity index (χ0n) is 53.7. The summed E-state index contributed by atoms with van der Waals surface area (Å²) in [5, 5.41) is 85.0. The number of hydrogen-bond acceptors (Lipinski definition) is 12. The van der Waals surface area contributed by atoms with Gasteiger partial charge >= 0.3 is 0 Å². The quantitative estimate of drug-likeness (QED) is 0.117. The molecule has 0 N–H and O–H groups in total. The molecule has 12 aromatic carbocycles. The van der Waals surface area contributed by atoms with Crippen LogP contribution in [0.15, 0.2) is 267 Å². The molecule has 4 aromatic heterocycles. The maximum Gasteiger partial charge on any atom is 0.164 e. The zero-order chi connectivity index (χ0) is 69.5. The van der Waals surface area contributed by atoms with E-state index in [4.69, 9.17) is 15.0 Å². The molecule has 0 atom stereocenters. The first kappa shape index (κ1) is 61.2. The van der Waals surface area contributed by atoms with Crippen LogP contribution in [0, 0.1) is 90.6 Å². The number of nitriles is 8. The predicted octanol–water partition coefficient (Wildman–Crippen LogP) is 19.4. The molecule has 0 radical (unpaired) electrons. The summed E-state index contributed by atoms with van der Waals surface area (Å²) < 4.78 is 4.48. The molecule has 14 nitrogen and oxygen atoms in total. The summed E-state index contributed by atoms with van der Waals surface area (Å²) in [5.41, 5.74) is 18.7. The molecule has 0 unspecified atom stereocenters. The Kier molecular flexibility index (Phi) is 15.3. The fourth-order valence-electron chi connectivity index (χ4n) is 13.7. The lowest BCUT2D eigenvalue weighted by Crippen LogP contribution is -2.04. The highest BCUT2D eigenvalue weighted by Gasteiger charge is 2.25. The van der Waals surface area contributed by atoms with Gasteiger partial charge in [0.25, 0.3) is 0 Å². The molecule has 0 amide bonds. The van der Waals surface area contributed by atoms with Crippen LogP contribution in [0.4, 0.5) is 0 Å². The van der Waals surface area contributed by atoms with Crippen LogP contribution in [0.5, 0.6) is 0 Å². The molecule has 466 valence electrons. The van der Waals surface area contributed by atoms with E-state index in [1.54, 1.807) is 85.2 Å². The Hall–Kier alpha value is -15.7. The molecule has 0 aliphatic carbocycles. The van der Waals surface area contributed by atoms with E-state index in [0.717, 1.165) is 105 Å². The van der Waals surface area contributed by atoms with Gasteiger partial charge in [-0.15, -0.1) is 0 Å². The van der Waals surface area contributed by atoms with Crippen molar-refractivity contribution < 1.29 is 0 Å². The molecule has 0 bridgehead atoms. The second-order valence-electron chi connectivity index (χ2n) is 24.4. The third-order valence-electron chi connectivity index (χ3n) is 18.4. The summed E-state index contributed by atoms with van der Waals surface area (Å²) in [6.45, 7) is 0. The molecule has 0 aliphatic heterocycles. The van der Waals surface area contributed by atoms with Gasteiger partial charge in [-0.2, -0.15) is 42.1 Å². The first-order valence-corrected chi connectivity index (χ1v) is 32.2. The zero-order valence-corrected chi connectivity index (χ0v) is 53.7. The van der Waals surface area contributed by atoms with Crippen molar-refractivity contribution in [2.75, 3.05) is 0 Å². The number of pyridine rings is 1. The van der Waals surface area contributed by atoms with Crippen molar-refractivity contribution in [3.05, 3.63) is 312 Å². The summed E-state index contributed by atoms with van der Waals surface area (Å²) in [4.78, 5) is 20.0. The second kappa shape index (κ2) is 25.5. The Labute approximate surface area is 584 Å². The second-order valence-corrected chi connectivity index (χ2v) is 24.4. The van der Waals surface area contributed by atoms with E-state index in [-0.39, 0.29) is 0 Å². The van der Waals surface area contributed by atoms with Crippen LogP contribution >= 0.6 is 0 Å². The SMILES string of the molecule is N#Cc1cc(C#N)cc(-c2ccc3c(c2)c2cc(-c4cc(C#N)cc(C#N)c4)ccc2n3-c2cc(-c3ccncc3)ccc2-c2ccc(-c3nc(-c4ccccc4)nc(-c4ccccc4)n3)cc2-n2c3ccc(-c4cc(C#N)cc(C#N)c4)cc3c3cc(-c4cc(C#N)cc(C#N)c4)ccc32)c1. The van der Waals surface area contributed by atoms with Crippen LogP contribution < -0.4 is 0 Å². The Morgan fingerprint density at radius 1 is 0.216 bits per heavy atom. The average Bonchev–Trinajstić information content (AvgIpc) is 1.56. The Morgan fingerprint density at radius 2 is 0.480 bits per heavy atom. The van der Waals surface area contributed by atoms with Crippen molar-refractivity contribution in [3.63, 3.8) is 0 Å². The van der Waals surface area contributed by atoms with Gasteiger partial charge in [0, 0.05) is 61.8 Å². The molecular formula is C88H44N14. The lowest BCUT2D eigenvalue weighted by molar-refractivity contribution is 1.07. The van der Waals surface area contributed by atoms with Gasteiger partial charge in [0.05, 0.1) is 127 Å². The number of rotatable bonds is 11. The molecule has 0 spiro atoms. The van der Waals surface area contributed by atoms with Gasteiger partial charge in [-0.3, -0.25) is 4.98 Å². The highest BCUT2D eigenvalue weighted by atomic mass is 15.0. The number of hydrogen-bond donors (Lipinski definition) is 0. The van der Waals surface area contributed by atoms with E-state index in [2.05, 4.69) is 129 Å². The summed E-state index contributed by atoms with van der Waals surface area (Å²) in [6.07, 6.45) is 3.53. The molecule has 0 aliphatic rings. The smallest absolute Gasteiger partial charge is 0.164 e. The van der Waals surface area contributed by atoms with Crippen molar-refractivity contribution in [1.29, 1.82) is 42.1 Å². The van der Waals surface area contributed by atoms with E-state index in [1.807, 2.05) is 115 Å². The van der Waals surface area contributed by atoms with E-state index >= 15 is 0 Å². The number of fused-ring (bicyclic) bond motifs is 6. The molecule has 4 heterocycles. The van der Waals surface area contributed by atoms with Crippen LogP contribution in [0.25, 0.3) is 156 Å². The maximum atomic E-state index is 10.2. The maximum absolute atomic E-state index is 10.2. The molecule has 0 fully saturated rings. The third-order valence-corrected chi connectivity index (χ3v) is 18.4. The van der Waals surface area contributed by atoms with Gasteiger partial charge in [0.15, 0.2) is 17.5 Å². The fourth-order valence-corrected chi connectivity index (χ4v) is 13.7. The molecule has 14 heteroatoms. The van der Waals surface area contributed by atoms with Crippen LogP contribution in [-0.4, -0.2) is 29.1 Å². The Bertz CT molecular complexity index is 6150. The minimum absolute atomic E-state index is 0.333. The van der Waals surface area contributed by atoms with Gasteiger partial charge < -0.3 is 9.13 Å². The van der Waals surface area contributed by atoms with Crippen LogP contribution in [-0.2, 0) is 0 Å². The molecule has 0 saturated heterocycles.